The first-order chi connectivity index (χ1) is 18.2. The van der Waals surface area contributed by atoms with Crippen LogP contribution in [0.1, 0.15) is 36.5 Å². The molecule has 0 unspecified atom stereocenters. The fourth-order valence-corrected chi connectivity index (χ4v) is 4.56. The predicted octanol–water partition coefficient (Wildman–Crippen LogP) is 3.36. The molecule has 3 atom stereocenters. The quantitative estimate of drug-likeness (QED) is 0.552. The van der Waals surface area contributed by atoms with Gasteiger partial charge < -0.3 is 35.6 Å². The molecule has 1 aliphatic heterocycles. The Morgan fingerprint density at radius 3 is 2.47 bits per heavy atom. The van der Waals surface area contributed by atoms with E-state index in [0.29, 0.717) is 42.6 Å². The van der Waals surface area contributed by atoms with Gasteiger partial charge in [-0.2, -0.15) is 0 Å². The van der Waals surface area contributed by atoms with Crippen molar-refractivity contribution in [3.05, 3.63) is 54.1 Å². The second-order valence-corrected chi connectivity index (χ2v) is 10.2. The van der Waals surface area contributed by atoms with E-state index in [1.807, 2.05) is 25.1 Å². The van der Waals surface area contributed by atoms with Crippen molar-refractivity contribution in [3.8, 4) is 5.75 Å². The SMILES string of the molecule is CO[C@H]1CN(C)C(=O)c2cc(NC(=O)Nc3ccccc3)ccc2OC[C@H](N)N(C(=O)CC2CC2)C[C@@H]1C. The average molecular weight is 524 g/mol. The van der Waals surface area contributed by atoms with Crippen LogP contribution in [-0.2, 0) is 9.53 Å². The second-order valence-electron chi connectivity index (χ2n) is 10.2. The zero-order chi connectivity index (χ0) is 27.2. The van der Waals surface area contributed by atoms with E-state index in [1.54, 1.807) is 54.3 Å². The minimum absolute atomic E-state index is 0.0102. The number of hydrogen-bond acceptors (Lipinski definition) is 6. The number of carbonyl (C=O) groups excluding carboxylic acids is 3. The van der Waals surface area contributed by atoms with Gasteiger partial charge in [-0.3, -0.25) is 9.59 Å². The summed E-state index contributed by atoms with van der Waals surface area (Å²) in [4.78, 5) is 42.4. The number of para-hydroxylation sites is 1. The van der Waals surface area contributed by atoms with Crippen LogP contribution < -0.4 is 21.1 Å². The molecule has 1 heterocycles. The Bertz CT molecular complexity index is 1140. The molecular weight excluding hydrogens is 486 g/mol. The van der Waals surface area contributed by atoms with Crippen molar-refractivity contribution in [3.63, 3.8) is 0 Å². The van der Waals surface area contributed by atoms with Crippen molar-refractivity contribution >= 4 is 29.2 Å². The molecule has 2 aromatic rings. The number of nitrogens with zero attached hydrogens (tertiary/aromatic N) is 2. The van der Waals surface area contributed by atoms with E-state index in [2.05, 4.69) is 10.6 Å². The normalized spacial score (nSPS) is 22.4. The van der Waals surface area contributed by atoms with Gasteiger partial charge in [-0.15, -0.1) is 0 Å². The summed E-state index contributed by atoms with van der Waals surface area (Å²) in [5.74, 6) is 0.412. The van der Waals surface area contributed by atoms with E-state index in [0.717, 1.165) is 12.8 Å². The Balaban J connectivity index is 1.57. The fraction of sp³-hybridized carbons (Fsp3) is 0.464. The number of methoxy groups -OCH3 is 1. The van der Waals surface area contributed by atoms with Gasteiger partial charge in [0.25, 0.3) is 5.91 Å². The summed E-state index contributed by atoms with van der Waals surface area (Å²) in [6.45, 7) is 2.72. The molecule has 2 aliphatic rings. The van der Waals surface area contributed by atoms with Gasteiger partial charge in [-0.1, -0.05) is 25.1 Å². The number of likely N-dealkylation sites (N-methyl/N-ethyl adjacent to an activating group) is 1. The van der Waals surface area contributed by atoms with Gasteiger partial charge in [0.05, 0.1) is 11.7 Å². The maximum absolute atomic E-state index is 13.5. The van der Waals surface area contributed by atoms with Crippen molar-refractivity contribution in [1.82, 2.24) is 9.80 Å². The highest BCUT2D eigenvalue weighted by Gasteiger charge is 2.33. The minimum atomic E-state index is -0.684. The number of anilines is 2. The van der Waals surface area contributed by atoms with E-state index in [-0.39, 0.29) is 36.0 Å². The summed E-state index contributed by atoms with van der Waals surface area (Å²) >= 11 is 0. The van der Waals surface area contributed by atoms with Crippen molar-refractivity contribution in [2.45, 2.75) is 38.5 Å². The van der Waals surface area contributed by atoms with E-state index in [9.17, 15) is 14.4 Å². The van der Waals surface area contributed by atoms with Crippen molar-refractivity contribution in [1.29, 1.82) is 0 Å². The van der Waals surface area contributed by atoms with Crippen molar-refractivity contribution in [2.24, 2.45) is 17.6 Å². The highest BCUT2D eigenvalue weighted by molar-refractivity contribution is 6.02. The second kappa shape index (κ2) is 12.3. The van der Waals surface area contributed by atoms with Crippen molar-refractivity contribution < 1.29 is 23.9 Å². The number of ether oxygens (including phenoxy) is 2. The number of rotatable bonds is 5. The fourth-order valence-electron chi connectivity index (χ4n) is 4.56. The van der Waals surface area contributed by atoms with Crippen LogP contribution in [0.15, 0.2) is 48.5 Å². The lowest BCUT2D eigenvalue weighted by molar-refractivity contribution is -0.136. The first-order valence-electron chi connectivity index (χ1n) is 13.0. The Morgan fingerprint density at radius 2 is 1.79 bits per heavy atom. The lowest BCUT2D eigenvalue weighted by Gasteiger charge is -2.36. The molecule has 4 amide bonds. The Morgan fingerprint density at radius 1 is 1.08 bits per heavy atom. The van der Waals surface area contributed by atoms with Crippen LogP contribution in [0.25, 0.3) is 0 Å². The summed E-state index contributed by atoms with van der Waals surface area (Å²) in [7, 11) is 3.30. The van der Waals surface area contributed by atoms with Gasteiger partial charge in [-0.25, -0.2) is 4.79 Å². The summed E-state index contributed by atoms with van der Waals surface area (Å²) in [6.07, 6.45) is 1.63. The number of nitrogens with one attached hydrogen (secondary N) is 2. The van der Waals surface area contributed by atoms with Gasteiger partial charge in [0.15, 0.2) is 0 Å². The zero-order valence-corrected chi connectivity index (χ0v) is 22.2. The van der Waals surface area contributed by atoms with Gasteiger partial charge in [-0.05, 0) is 49.1 Å². The average Bonchev–Trinajstić information content (AvgIpc) is 3.72. The smallest absolute Gasteiger partial charge is 0.323 e. The number of urea groups is 1. The number of hydrogen-bond donors (Lipinski definition) is 3. The minimum Gasteiger partial charge on any atom is -0.489 e. The molecule has 10 nitrogen and oxygen atoms in total. The van der Waals surface area contributed by atoms with Crippen LogP contribution in [0.3, 0.4) is 0 Å². The number of carbonyl (C=O) groups is 3. The van der Waals surface area contributed by atoms with E-state index in [1.165, 1.54) is 0 Å². The van der Waals surface area contributed by atoms with E-state index < -0.39 is 12.2 Å². The molecule has 0 bridgehead atoms. The van der Waals surface area contributed by atoms with Crippen LogP contribution in [0.4, 0.5) is 16.2 Å². The van der Waals surface area contributed by atoms with Crippen molar-refractivity contribution in [2.75, 3.05) is 44.5 Å². The van der Waals surface area contributed by atoms with E-state index >= 15 is 0 Å². The molecular formula is C28H37N5O5. The number of nitrogens with two attached hydrogens (primary N) is 1. The molecule has 1 aliphatic carbocycles. The molecule has 10 heteroatoms. The van der Waals surface area contributed by atoms with Gasteiger partial charge in [0.1, 0.15) is 18.5 Å². The van der Waals surface area contributed by atoms with Crippen LogP contribution in [0.2, 0.25) is 0 Å². The molecule has 4 rings (SSSR count). The number of benzene rings is 2. The van der Waals surface area contributed by atoms with E-state index in [4.69, 9.17) is 15.2 Å². The molecule has 0 spiro atoms. The van der Waals surface area contributed by atoms with Crippen LogP contribution in [-0.4, -0.2) is 73.8 Å². The molecule has 2 aromatic carbocycles. The third-order valence-corrected chi connectivity index (χ3v) is 7.01. The maximum Gasteiger partial charge on any atom is 0.323 e. The third-order valence-electron chi connectivity index (χ3n) is 7.01. The standard InChI is InChI=1S/C28H37N5O5/c1-18-15-33(26(34)13-19-9-10-19)25(29)17-38-23-12-11-21(31-28(36)30-20-7-5-4-6-8-20)14-22(23)27(35)32(2)16-24(18)37-3/h4-8,11-12,14,18-19,24-25H,9-10,13,15-17,29H2,1-3H3,(H2,30,31,36)/t18-,24-,25+/m0/s1. The molecule has 4 N–H and O–H groups in total. The molecule has 1 saturated carbocycles. The molecule has 1 fully saturated rings. The molecule has 204 valence electrons. The summed E-state index contributed by atoms with van der Waals surface area (Å²) < 4.78 is 11.7. The van der Waals surface area contributed by atoms with Crippen LogP contribution >= 0.6 is 0 Å². The number of amides is 4. The molecule has 0 aromatic heterocycles. The summed E-state index contributed by atoms with van der Waals surface area (Å²) in [6, 6.07) is 13.5. The maximum atomic E-state index is 13.5. The predicted molar refractivity (Wildman–Crippen MR) is 145 cm³/mol. The molecule has 38 heavy (non-hydrogen) atoms. The third kappa shape index (κ3) is 7.02. The number of fused-ring (bicyclic) bond motifs is 1. The van der Waals surface area contributed by atoms with Gasteiger partial charge in [0.2, 0.25) is 5.91 Å². The topological polar surface area (TPSA) is 126 Å². The highest BCUT2D eigenvalue weighted by Crippen LogP contribution is 2.33. The Kier molecular flexibility index (Phi) is 8.85. The molecule has 0 radical (unpaired) electrons. The first-order valence-corrected chi connectivity index (χ1v) is 13.0. The van der Waals surface area contributed by atoms with Crippen LogP contribution in [0, 0.1) is 11.8 Å². The Hall–Kier alpha value is -3.63. The van der Waals surface area contributed by atoms with Gasteiger partial charge in [0, 0.05) is 51.0 Å². The summed E-state index contributed by atoms with van der Waals surface area (Å²) in [5, 5.41) is 5.52. The monoisotopic (exact) mass is 523 g/mol. The lowest BCUT2D eigenvalue weighted by Crippen LogP contribution is -2.53. The first kappa shape index (κ1) is 27.4. The zero-order valence-electron chi connectivity index (χ0n) is 22.2. The van der Waals surface area contributed by atoms with Crippen LogP contribution in [0.5, 0.6) is 5.75 Å². The largest absolute Gasteiger partial charge is 0.489 e. The Labute approximate surface area is 223 Å². The summed E-state index contributed by atoms with van der Waals surface area (Å²) in [5.41, 5.74) is 7.82. The highest BCUT2D eigenvalue weighted by atomic mass is 16.5. The lowest BCUT2D eigenvalue weighted by atomic mass is 10.0. The molecule has 0 saturated heterocycles. The van der Waals surface area contributed by atoms with Gasteiger partial charge >= 0.3 is 6.03 Å².